The van der Waals surface area contributed by atoms with Crippen molar-refractivity contribution in [1.29, 1.82) is 0 Å². The minimum atomic E-state index is 0.293. The van der Waals surface area contributed by atoms with Gasteiger partial charge in [-0.25, -0.2) is 10.5 Å². The maximum atomic E-state index is 5.34. The highest BCUT2D eigenvalue weighted by molar-refractivity contribution is 5.36. The van der Waals surface area contributed by atoms with Gasteiger partial charge in [-0.05, 0) is 12.0 Å². The van der Waals surface area contributed by atoms with Crippen LogP contribution >= 0.6 is 0 Å². The van der Waals surface area contributed by atoms with Gasteiger partial charge in [-0.1, -0.05) is 13.8 Å². The maximum absolute atomic E-state index is 5.34. The zero-order chi connectivity index (χ0) is 13.0. The lowest BCUT2D eigenvalue weighted by molar-refractivity contribution is 0.682. The van der Waals surface area contributed by atoms with Crippen LogP contribution in [0, 0.1) is 5.92 Å². The summed E-state index contributed by atoms with van der Waals surface area (Å²) in [5, 5.41) is 7.19. The number of aromatic nitrogens is 5. The molecule has 18 heavy (non-hydrogen) atoms. The molecule has 8 nitrogen and oxygen atoms in total. The van der Waals surface area contributed by atoms with Crippen LogP contribution in [0.5, 0.6) is 0 Å². The summed E-state index contributed by atoms with van der Waals surface area (Å²) in [5.41, 5.74) is 2.41. The molecule has 0 bridgehead atoms. The van der Waals surface area contributed by atoms with Crippen molar-refractivity contribution in [2.75, 3.05) is 17.3 Å². The van der Waals surface area contributed by atoms with E-state index >= 15 is 0 Å². The number of hydrogen-bond acceptors (Lipinski definition) is 7. The third kappa shape index (κ3) is 2.92. The van der Waals surface area contributed by atoms with E-state index in [-0.39, 0.29) is 0 Å². The predicted molar refractivity (Wildman–Crippen MR) is 68.1 cm³/mol. The maximum Gasteiger partial charge on any atom is 0.257 e. The van der Waals surface area contributed by atoms with Crippen molar-refractivity contribution in [1.82, 2.24) is 24.7 Å². The van der Waals surface area contributed by atoms with Gasteiger partial charge in [0.1, 0.15) is 0 Å². The van der Waals surface area contributed by atoms with E-state index in [0.717, 1.165) is 6.54 Å². The van der Waals surface area contributed by atoms with Gasteiger partial charge in [-0.3, -0.25) is 5.43 Å². The van der Waals surface area contributed by atoms with Crippen LogP contribution in [0.4, 0.5) is 11.9 Å². The molecule has 2 heterocycles. The Morgan fingerprint density at radius 1 is 1.28 bits per heavy atom. The monoisotopic (exact) mass is 248 g/mol. The summed E-state index contributed by atoms with van der Waals surface area (Å²) in [7, 11) is 0. The molecule has 0 saturated carbocycles. The van der Waals surface area contributed by atoms with Crippen molar-refractivity contribution >= 4 is 11.9 Å². The Morgan fingerprint density at radius 2 is 2.06 bits per heavy atom. The molecule has 2 aromatic rings. The normalized spacial score (nSPS) is 10.7. The molecule has 0 spiro atoms. The Balaban J connectivity index is 2.27. The summed E-state index contributed by atoms with van der Waals surface area (Å²) in [4.78, 5) is 12.5. The van der Waals surface area contributed by atoms with Gasteiger partial charge in [0, 0.05) is 18.9 Å². The highest BCUT2D eigenvalue weighted by Gasteiger charge is 2.07. The molecule has 4 N–H and O–H groups in total. The summed E-state index contributed by atoms with van der Waals surface area (Å²) in [6, 6.07) is 1.79. The average molecular weight is 248 g/mol. The first-order valence-electron chi connectivity index (χ1n) is 5.65. The third-order valence-electron chi connectivity index (χ3n) is 2.13. The van der Waals surface area contributed by atoms with E-state index in [1.165, 1.54) is 0 Å². The summed E-state index contributed by atoms with van der Waals surface area (Å²) in [6.45, 7) is 4.97. The van der Waals surface area contributed by atoms with Crippen molar-refractivity contribution in [3.63, 3.8) is 0 Å². The molecule has 0 fully saturated rings. The zero-order valence-electron chi connectivity index (χ0n) is 10.3. The molecular formula is C10H16N8. The number of nitrogens with zero attached hydrogens (tertiary/aromatic N) is 5. The van der Waals surface area contributed by atoms with Crippen LogP contribution in [0.1, 0.15) is 13.8 Å². The molecule has 0 aromatic carbocycles. The van der Waals surface area contributed by atoms with Gasteiger partial charge < -0.3 is 5.32 Å². The van der Waals surface area contributed by atoms with Crippen molar-refractivity contribution in [2.24, 2.45) is 11.8 Å². The van der Waals surface area contributed by atoms with Crippen LogP contribution in [0.15, 0.2) is 18.5 Å². The van der Waals surface area contributed by atoms with E-state index in [0.29, 0.717) is 23.8 Å². The minimum Gasteiger partial charge on any atom is -0.354 e. The molecule has 96 valence electrons. The van der Waals surface area contributed by atoms with E-state index in [9.17, 15) is 0 Å². The van der Waals surface area contributed by atoms with Crippen LogP contribution in [-0.4, -0.2) is 31.3 Å². The van der Waals surface area contributed by atoms with Crippen molar-refractivity contribution in [2.45, 2.75) is 13.8 Å². The number of hydrazine groups is 1. The molecule has 0 atom stereocenters. The highest BCUT2D eigenvalue weighted by atomic mass is 15.4. The Morgan fingerprint density at radius 3 is 2.67 bits per heavy atom. The van der Waals surface area contributed by atoms with Crippen LogP contribution < -0.4 is 16.6 Å². The molecular weight excluding hydrogens is 232 g/mol. The Kier molecular flexibility index (Phi) is 3.68. The number of nitrogens with two attached hydrogens (primary N) is 1. The second-order valence-corrected chi connectivity index (χ2v) is 4.15. The number of anilines is 2. The molecule has 0 aliphatic heterocycles. The van der Waals surface area contributed by atoms with E-state index in [2.05, 4.69) is 44.6 Å². The fourth-order valence-electron chi connectivity index (χ4n) is 1.29. The lowest BCUT2D eigenvalue weighted by Crippen LogP contribution is -2.17. The second-order valence-electron chi connectivity index (χ2n) is 4.15. The number of nitrogens with one attached hydrogen (secondary N) is 2. The number of nitrogen functional groups attached to an aromatic ring is 1. The third-order valence-corrected chi connectivity index (χ3v) is 2.13. The molecule has 0 radical (unpaired) electrons. The average Bonchev–Trinajstić information content (AvgIpc) is 2.89. The molecule has 0 aliphatic carbocycles. The molecule has 8 heteroatoms. The largest absolute Gasteiger partial charge is 0.354 e. The fraction of sp³-hybridized carbons (Fsp3) is 0.400. The lowest BCUT2D eigenvalue weighted by Gasteiger charge is -2.09. The van der Waals surface area contributed by atoms with Crippen LogP contribution in [0.3, 0.4) is 0 Å². The topological polar surface area (TPSA) is 107 Å². The van der Waals surface area contributed by atoms with E-state index in [4.69, 9.17) is 5.84 Å². The molecule has 0 aliphatic rings. The quantitative estimate of drug-likeness (QED) is 0.519. The first kappa shape index (κ1) is 12.2. The minimum absolute atomic E-state index is 0.293. The van der Waals surface area contributed by atoms with E-state index in [1.54, 1.807) is 23.1 Å². The molecule has 0 saturated heterocycles. The SMILES string of the molecule is CC(C)CNc1nc(NN)nc(-n2cccn2)n1. The molecule has 2 aromatic heterocycles. The number of rotatable bonds is 5. The van der Waals surface area contributed by atoms with Crippen molar-refractivity contribution < 1.29 is 0 Å². The number of hydrogen-bond donors (Lipinski definition) is 3. The van der Waals surface area contributed by atoms with Crippen LogP contribution in [-0.2, 0) is 0 Å². The summed E-state index contributed by atoms with van der Waals surface area (Å²) in [6.07, 6.45) is 3.41. The Bertz CT molecular complexity index is 493. The first-order chi connectivity index (χ1) is 8.69. The smallest absolute Gasteiger partial charge is 0.257 e. The Hall–Kier alpha value is -2.22. The van der Waals surface area contributed by atoms with Gasteiger partial charge in [-0.15, -0.1) is 0 Å². The molecule has 0 unspecified atom stereocenters. The van der Waals surface area contributed by atoms with Gasteiger partial charge in [0.2, 0.25) is 11.9 Å². The van der Waals surface area contributed by atoms with E-state index < -0.39 is 0 Å². The van der Waals surface area contributed by atoms with Gasteiger partial charge in [-0.2, -0.15) is 20.1 Å². The van der Waals surface area contributed by atoms with Crippen LogP contribution in [0.25, 0.3) is 5.95 Å². The summed E-state index contributed by atoms with van der Waals surface area (Å²) in [5.74, 6) is 7.00. The zero-order valence-corrected chi connectivity index (χ0v) is 10.3. The summed E-state index contributed by atoms with van der Waals surface area (Å²) >= 11 is 0. The highest BCUT2D eigenvalue weighted by Crippen LogP contribution is 2.08. The van der Waals surface area contributed by atoms with Crippen molar-refractivity contribution in [3.05, 3.63) is 18.5 Å². The fourth-order valence-corrected chi connectivity index (χ4v) is 1.29. The van der Waals surface area contributed by atoms with Gasteiger partial charge in [0.15, 0.2) is 0 Å². The van der Waals surface area contributed by atoms with Gasteiger partial charge >= 0.3 is 0 Å². The Labute approximate surface area is 105 Å². The van der Waals surface area contributed by atoms with Gasteiger partial charge in [0.05, 0.1) is 0 Å². The predicted octanol–water partition coefficient (Wildman–Crippen LogP) is 0.411. The van der Waals surface area contributed by atoms with Crippen molar-refractivity contribution in [3.8, 4) is 5.95 Å². The van der Waals surface area contributed by atoms with Crippen LogP contribution in [0.2, 0.25) is 0 Å². The van der Waals surface area contributed by atoms with Gasteiger partial charge in [0.25, 0.3) is 5.95 Å². The molecule has 0 amide bonds. The summed E-state index contributed by atoms with van der Waals surface area (Å²) < 4.78 is 1.54. The molecule has 2 rings (SSSR count). The first-order valence-corrected chi connectivity index (χ1v) is 5.65. The standard InChI is InChI=1S/C10H16N8/c1-7(2)6-12-8-14-9(17-11)16-10(15-8)18-5-3-4-13-18/h3-5,7H,6,11H2,1-2H3,(H2,12,14,15,16,17). The lowest BCUT2D eigenvalue weighted by atomic mass is 10.2. The second kappa shape index (κ2) is 5.41. The van der Waals surface area contributed by atoms with E-state index in [1.807, 2.05) is 0 Å².